The van der Waals surface area contributed by atoms with Gasteiger partial charge in [0.15, 0.2) is 5.78 Å². The number of benzene rings is 2. The Balaban J connectivity index is 1.74. The van der Waals surface area contributed by atoms with Gasteiger partial charge in [0.05, 0.1) is 10.0 Å². The Hall–Kier alpha value is -1.84. The number of likely N-dealkylation sites (tertiary alicyclic amines) is 1. The van der Waals surface area contributed by atoms with E-state index < -0.39 is 0 Å². The van der Waals surface area contributed by atoms with Crippen LogP contribution in [0, 0.1) is 5.92 Å². The molecule has 0 radical (unpaired) electrons. The molecule has 0 aromatic heterocycles. The van der Waals surface area contributed by atoms with Crippen molar-refractivity contribution in [2.24, 2.45) is 5.92 Å². The number of ketones is 1. The summed E-state index contributed by atoms with van der Waals surface area (Å²) in [5.41, 5.74) is 1.20. The Bertz CT molecular complexity index is 761. The summed E-state index contributed by atoms with van der Waals surface area (Å²) in [7, 11) is 0. The Labute approximate surface area is 151 Å². The molecule has 1 amide bonds. The van der Waals surface area contributed by atoms with E-state index in [1.807, 2.05) is 30.3 Å². The van der Waals surface area contributed by atoms with E-state index in [2.05, 4.69) is 0 Å². The molecule has 24 heavy (non-hydrogen) atoms. The molecule has 3 rings (SSSR count). The zero-order chi connectivity index (χ0) is 17.1. The Morgan fingerprint density at radius 2 is 1.71 bits per heavy atom. The van der Waals surface area contributed by atoms with Gasteiger partial charge in [-0.15, -0.1) is 0 Å². The lowest BCUT2D eigenvalue weighted by molar-refractivity contribution is 0.0637. The molecule has 2 aromatic rings. The van der Waals surface area contributed by atoms with E-state index in [1.54, 1.807) is 23.1 Å². The highest BCUT2D eigenvalue weighted by atomic mass is 35.5. The zero-order valence-electron chi connectivity index (χ0n) is 13.0. The van der Waals surface area contributed by atoms with Crippen molar-refractivity contribution in [3.63, 3.8) is 0 Å². The summed E-state index contributed by atoms with van der Waals surface area (Å²) in [6.07, 6.45) is 1.62. The van der Waals surface area contributed by atoms with Crippen molar-refractivity contribution in [1.82, 2.24) is 4.90 Å². The molecule has 124 valence electrons. The van der Waals surface area contributed by atoms with Crippen molar-refractivity contribution < 1.29 is 9.59 Å². The molecule has 1 atom stereocenters. The Kier molecular flexibility index (Phi) is 5.22. The van der Waals surface area contributed by atoms with Crippen LogP contribution in [-0.2, 0) is 0 Å². The van der Waals surface area contributed by atoms with Gasteiger partial charge in [0.1, 0.15) is 0 Å². The van der Waals surface area contributed by atoms with Crippen LogP contribution in [0.1, 0.15) is 33.6 Å². The molecule has 0 spiro atoms. The summed E-state index contributed by atoms with van der Waals surface area (Å²) < 4.78 is 0. The third-order valence-electron chi connectivity index (χ3n) is 4.30. The van der Waals surface area contributed by atoms with E-state index >= 15 is 0 Å². The van der Waals surface area contributed by atoms with Crippen molar-refractivity contribution >= 4 is 34.9 Å². The van der Waals surface area contributed by atoms with Crippen molar-refractivity contribution in [3.05, 3.63) is 69.7 Å². The van der Waals surface area contributed by atoms with Gasteiger partial charge in [-0.2, -0.15) is 0 Å². The van der Waals surface area contributed by atoms with E-state index in [4.69, 9.17) is 23.2 Å². The summed E-state index contributed by atoms with van der Waals surface area (Å²) >= 11 is 11.9. The normalized spacial score (nSPS) is 17.6. The monoisotopic (exact) mass is 361 g/mol. The SMILES string of the molecule is O=C(c1ccccc1)C1CCCN(C(=O)c2ccc(Cl)c(Cl)c2)C1. The van der Waals surface area contributed by atoms with Gasteiger partial charge < -0.3 is 4.90 Å². The molecule has 1 unspecified atom stereocenters. The molecule has 1 aliphatic heterocycles. The lowest BCUT2D eigenvalue weighted by Gasteiger charge is -2.32. The first-order valence-corrected chi connectivity index (χ1v) is 8.65. The minimum atomic E-state index is -0.159. The molecule has 0 bridgehead atoms. The van der Waals surface area contributed by atoms with Crippen LogP contribution in [0.4, 0.5) is 0 Å². The Morgan fingerprint density at radius 1 is 0.958 bits per heavy atom. The van der Waals surface area contributed by atoms with Gasteiger partial charge in [0, 0.05) is 30.1 Å². The van der Waals surface area contributed by atoms with E-state index in [0.29, 0.717) is 34.3 Å². The average Bonchev–Trinajstić information content (AvgIpc) is 2.63. The fraction of sp³-hybridized carbons (Fsp3) is 0.263. The van der Waals surface area contributed by atoms with Crippen LogP contribution < -0.4 is 0 Å². The van der Waals surface area contributed by atoms with Gasteiger partial charge in [-0.25, -0.2) is 0 Å². The first-order chi connectivity index (χ1) is 11.6. The summed E-state index contributed by atoms with van der Waals surface area (Å²) in [5.74, 6) is -0.172. The first-order valence-electron chi connectivity index (χ1n) is 7.90. The van der Waals surface area contributed by atoms with Gasteiger partial charge in [-0.05, 0) is 31.0 Å². The van der Waals surface area contributed by atoms with Crippen LogP contribution in [0.5, 0.6) is 0 Å². The molecular formula is C19H17Cl2NO2. The largest absolute Gasteiger partial charge is 0.338 e. The predicted molar refractivity (Wildman–Crippen MR) is 95.9 cm³/mol. The number of nitrogens with zero attached hydrogens (tertiary/aromatic N) is 1. The number of amides is 1. The maximum Gasteiger partial charge on any atom is 0.253 e. The molecule has 1 saturated heterocycles. The zero-order valence-corrected chi connectivity index (χ0v) is 14.6. The second kappa shape index (κ2) is 7.37. The summed E-state index contributed by atoms with van der Waals surface area (Å²) in [6, 6.07) is 14.1. The summed E-state index contributed by atoms with van der Waals surface area (Å²) in [4.78, 5) is 27.0. The number of hydrogen-bond donors (Lipinski definition) is 0. The highest BCUT2D eigenvalue weighted by Gasteiger charge is 2.29. The fourth-order valence-corrected chi connectivity index (χ4v) is 3.32. The van der Waals surface area contributed by atoms with Crippen LogP contribution in [0.15, 0.2) is 48.5 Å². The first kappa shape index (κ1) is 17.0. The third kappa shape index (κ3) is 3.63. The molecule has 0 aliphatic carbocycles. The molecule has 0 N–H and O–H groups in total. The summed E-state index contributed by atoms with van der Waals surface area (Å²) in [5, 5.41) is 0.778. The standard InChI is InChI=1S/C19H17Cl2NO2/c20-16-9-8-14(11-17(16)21)19(24)22-10-4-7-15(12-22)18(23)13-5-2-1-3-6-13/h1-3,5-6,8-9,11,15H,4,7,10,12H2. The van der Waals surface area contributed by atoms with Crippen LogP contribution in [0.3, 0.4) is 0 Å². The van der Waals surface area contributed by atoms with E-state index in [9.17, 15) is 9.59 Å². The molecule has 1 fully saturated rings. The molecule has 2 aromatic carbocycles. The number of Topliss-reactive ketones (excluding diaryl/α,β-unsaturated/α-hetero) is 1. The van der Waals surface area contributed by atoms with Gasteiger partial charge in [0.25, 0.3) is 5.91 Å². The van der Waals surface area contributed by atoms with Gasteiger partial charge in [0.2, 0.25) is 0 Å². The second-order valence-electron chi connectivity index (χ2n) is 5.95. The van der Waals surface area contributed by atoms with Crippen LogP contribution >= 0.6 is 23.2 Å². The molecule has 5 heteroatoms. The lowest BCUT2D eigenvalue weighted by Crippen LogP contribution is -2.42. The molecular weight excluding hydrogens is 345 g/mol. The van der Waals surface area contributed by atoms with Gasteiger partial charge in [-0.1, -0.05) is 53.5 Å². The van der Waals surface area contributed by atoms with Crippen molar-refractivity contribution in [2.75, 3.05) is 13.1 Å². The quantitative estimate of drug-likeness (QED) is 0.741. The summed E-state index contributed by atoms with van der Waals surface area (Å²) in [6.45, 7) is 1.09. The number of piperidine rings is 1. The maximum atomic E-state index is 12.7. The minimum absolute atomic E-state index is 0.0993. The molecule has 3 nitrogen and oxygen atoms in total. The Morgan fingerprint density at radius 3 is 2.42 bits per heavy atom. The minimum Gasteiger partial charge on any atom is -0.338 e. The molecule has 0 saturated carbocycles. The molecule has 1 heterocycles. The highest BCUT2D eigenvalue weighted by molar-refractivity contribution is 6.42. The lowest BCUT2D eigenvalue weighted by atomic mass is 9.89. The van der Waals surface area contributed by atoms with E-state index in [-0.39, 0.29) is 17.6 Å². The van der Waals surface area contributed by atoms with E-state index in [1.165, 1.54) is 0 Å². The van der Waals surface area contributed by atoms with Crippen LogP contribution in [0.25, 0.3) is 0 Å². The predicted octanol–water partition coefficient (Wildman–Crippen LogP) is 4.73. The average molecular weight is 362 g/mol. The van der Waals surface area contributed by atoms with Gasteiger partial charge in [-0.3, -0.25) is 9.59 Å². The number of halogens is 2. The fourth-order valence-electron chi connectivity index (χ4n) is 3.03. The maximum absolute atomic E-state index is 12.7. The van der Waals surface area contributed by atoms with Crippen molar-refractivity contribution in [1.29, 1.82) is 0 Å². The van der Waals surface area contributed by atoms with Gasteiger partial charge >= 0.3 is 0 Å². The number of hydrogen-bond acceptors (Lipinski definition) is 2. The number of rotatable bonds is 3. The molecule has 1 aliphatic rings. The third-order valence-corrected chi connectivity index (χ3v) is 5.04. The topological polar surface area (TPSA) is 37.4 Å². The second-order valence-corrected chi connectivity index (χ2v) is 6.76. The number of carbonyl (C=O) groups is 2. The highest BCUT2D eigenvalue weighted by Crippen LogP contribution is 2.26. The van der Waals surface area contributed by atoms with Crippen LogP contribution in [0.2, 0.25) is 10.0 Å². The van der Waals surface area contributed by atoms with Crippen LogP contribution in [-0.4, -0.2) is 29.7 Å². The van der Waals surface area contributed by atoms with E-state index in [0.717, 1.165) is 12.8 Å². The smallest absolute Gasteiger partial charge is 0.253 e. The van der Waals surface area contributed by atoms with Crippen molar-refractivity contribution in [3.8, 4) is 0 Å². The number of carbonyl (C=O) groups excluding carboxylic acids is 2. The van der Waals surface area contributed by atoms with Crippen molar-refractivity contribution in [2.45, 2.75) is 12.8 Å².